The molecule has 0 radical (unpaired) electrons. The number of nitrogens with two attached hydrogens (primary N) is 1. The van der Waals surface area contributed by atoms with Crippen LogP contribution in [0.4, 0.5) is 0 Å². The average molecular weight is 248 g/mol. The van der Waals surface area contributed by atoms with Crippen molar-refractivity contribution in [2.75, 3.05) is 0 Å². The molecule has 100 valence electrons. The summed E-state index contributed by atoms with van der Waals surface area (Å²) >= 11 is 0. The van der Waals surface area contributed by atoms with Crippen LogP contribution in [0.15, 0.2) is 30.3 Å². The molecule has 0 fully saturated rings. The van der Waals surface area contributed by atoms with E-state index in [1.54, 1.807) is 0 Å². The monoisotopic (exact) mass is 248 g/mol. The second-order valence-electron chi connectivity index (χ2n) is 5.41. The summed E-state index contributed by atoms with van der Waals surface area (Å²) in [4.78, 5) is 11.9. The Balaban J connectivity index is 2.48. The van der Waals surface area contributed by atoms with Crippen LogP contribution in [0.5, 0.6) is 0 Å². The van der Waals surface area contributed by atoms with E-state index in [1.165, 1.54) is 0 Å². The molecule has 1 amide bonds. The highest BCUT2D eigenvalue weighted by atomic mass is 16.1. The first kappa shape index (κ1) is 14.7. The molecule has 1 unspecified atom stereocenters. The van der Waals surface area contributed by atoms with E-state index in [1.807, 2.05) is 51.1 Å². The molecule has 1 aromatic carbocycles. The van der Waals surface area contributed by atoms with Crippen LogP contribution in [0.2, 0.25) is 0 Å². The second-order valence-corrected chi connectivity index (χ2v) is 5.41. The fourth-order valence-corrected chi connectivity index (χ4v) is 1.92. The van der Waals surface area contributed by atoms with Gasteiger partial charge in [0.2, 0.25) is 5.91 Å². The number of amides is 1. The average Bonchev–Trinajstić information content (AvgIpc) is 2.29. The van der Waals surface area contributed by atoms with Gasteiger partial charge in [-0.1, -0.05) is 30.3 Å². The highest BCUT2D eigenvalue weighted by molar-refractivity contribution is 5.76. The highest BCUT2D eigenvalue weighted by Crippen LogP contribution is 2.19. The Bertz CT molecular complexity index is 371. The molecule has 3 nitrogen and oxygen atoms in total. The Kier molecular flexibility index (Phi) is 5.35. The third-order valence-electron chi connectivity index (χ3n) is 3.01. The molecule has 18 heavy (non-hydrogen) atoms. The van der Waals surface area contributed by atoms with E-state index in [0.29, 0.717) is 6.42 Å². The van der Waals surface area contributed by atoms with Gasteiger partial charge >= 0.3 is 0 Å². The Morgan fingerprint density at radius 3 is 2.50 bits per heavy atom. The molecule has 1 atom stereocenters. The van der Waals surface area contributed by atoms with Crippen LogP contribution in [-0.4, -0.2) is 11.9 Å². The van der Waals surface area contributed by atoms with E-state index in [-0.39, 0.29) is 17.5 Å². The van der Waals surface area contributed by atoms with Gasteiger partial charge in [-0.25, -0.2) is 0 Å². The van der Waals surface area contributed by atoms with Crippen molar-refractivity contribution < 1.29 is 4.79 Å². The predicted octanol–water partition coefficient (Wildman–Crippen LogP) is 2.56. The molecule has 3 N–H and O–H groups in total. The van der Waals surface area contributed by atoms with E-state index in [9.17, 15) is 4.79 Å². The summed E-state index contributed by atoms with van der Waals surface area (Å²) in [7, 11) is 0. The Hall–Kier alpha value is -1.35. The lowest BCUT2D eigenvalue weighted by Crippen LogP contribution is -2.40. The molecule has 1 aromatic rings. The SMILES string of the molecule is CC(N)CCCC(=O)NC(C)(C)c1ccccc1. The van der Waals surface area contributed by atoms with Crippen LogP contribution in [0.25, 0.3) is 0 Å². The van der Waals surface area contributed by atoms with E-state index in [4.69, 9.17) is 5.73 Å². The van der Waals surface area contributed by atoms with Crippen molar-refractivity contribution in [2.24, 2.45) is 5.73 Å². The number of hydrogen-bond donors (Lipinski definition) is 2. The fraction of sp³-hybridized carbons (Fsp3) is 0.533. The van der Waals surface area contributed by atoms with Crippen LogP contribution in [0.1, 0.15) is 45.6 Å². The fourth-order valence-electron chi connectivity index (χ4n) is 1.92. The predicted molar refractivity (Wildman–Crippen MR) is 75.1 cm³/mol. The molecule has 0 saturated heterocycles. The van der Waals surface area contributed by atoms with Gasteiger partial charge in [-0.2, -0.15) is 0 Å². The van der Waals surface area contributed by atoms with E-state index in [2.05, 4.69) is 5.32 Å². The lowest BCUT2D eigenvalue weighted by molar-refractivity contribution is -0.122. The Morgan fingerprint density at radius 1 is 1.33 bits per heavy atom. The summed E-state index contributed by atoms with van der Waals surface area (Å²) in [5.74, 6) is 0.0875. The van der Waals surface area contributed by atoms with Crippen molar-refractivity contribution >= 4 is 5.91 Å². The lowest BCUT2D eigenvalue weighted by atomic mass is 9.94. The molecular weight excluding hydrogens is 224 g/mol. The quantitative estimate of drug-likeness (QED) is 0.813. The van der Waals surface area contributed by atoms with Gasteiger partial charge in [-0.15, -0.1) is 0 Å². The van der Waals surface area contributed by atoms with Crippen LogP contribution in [0, 0.1) is 0 Å². The molecule has 0 bridgehead atoms. The lowest BCUT2D eigenvalue weighted by Gasteiger charge is -2.27. The Labute approximate surface area is 110 Å². The summed E-state index contributed by atoms with van der Waals surface area (Å²) in [5.41, 5.74) is 6.45. The van der Waals surface area contributed by atoms with Gasteiger partial charge in [0.05, 0.1) is 5.54 Å². The van der Waals surface area contributed by atoms with E-state index < -0.39 is 0 Å². The normalized spacial score (nSPS) is 13.1. The maximum absolute atomic E-state index is 11.9. The second kappa shape index (κ2) is 6.55. The van der Waals surface area contributed by atoms with E-state index >= 15 is 0 Å². The van der Waals surface area contributed by atoms with Gasteiger partial charge in [0.25, 0.3) is 0 Å². The molecule has 0 saturated carbocycles. The molecule has 1 rings (SSSR count). The third-order valence-corrected chi connectivity index (χ3v) is 3.01. The van der Waals surface area contributed by atoms with Crippen molar-refractivity contribution in [3.8, 4) is 0 Å². The van der Waals surface area contributed by atoms with Gasteiger partial charge in [0, 0.05) is 12.5 Å². The number of nitrogens with one attached hydrogen (secondary N) is 1. The maximum atomic E-state index is 11.9. The number of benzene rings is 1. The van der Waals surface area contributed by atoms with Crippen molar-refractivity contribution in [3.63, 3.8) is 0 Å². The minimum Gasteiger partial charge on any atom is -0.347 e. The van der Waals surface area contributed by atoms with Gasteiger partial charge in [-0.3, -0.25) is 4.79 Å². The van der Waals surface area contributed by atoms with Gasteiger partial charge in [0.1, 0.15) is 0 Å². The standard InChI is InChI=1S/C15H24N2O/c1-12(16)8-7-11-14(18)17-15(2,3)13-9-5-4-6-10-13/h4-6,9-10,12H,7-8,11,16H2,1-3H3,(H,17,18). The van der Waals surface area contributed by atoms with Crippen molar-refractivity contribution in [3.05, 3.63) is 35.9 Å². The van der Waals surface area contributed by atoms with Crippen LogP contribution >= 0.6 is 0 Å². The van der Waals surface area contributed by atoms with Crippen LogP contribution in [-0.2, 0) is 10.3 Å². The molecule has 3 heteroatoms. The largest absolute Gasteiger partial charge is 0.347 e. The molecule has 0 aliphatic heterocycles. The summed E-state index contributed by atoms with van der Waals surface area (Å²) in [6, 6.07) is 10.2. The molecule has 0 spiro atoms. The van der Waals surface area contributed by atoms with E-state index in [0.717, 1.165) is 18.4 Å². The molecule has 0 heterocycles. The smallest absolute Gasteiger partial charge is 0.220 e. The maximum Gasteiger partial charge on any atom is 0.220 e. The third kappa shape index (κ3) is 4.88. The zero-order valence-corrected chi connectivity index (χ0v) is 11.6. The Morgan fingerprint density at radius 2 is 1.94 bits per heavy atom. The number of hydrogen-bond acceptors (Lipinski definition) is 2. The minimum absolute atomic E-state index is 0.0875. The van der Waals surface area contributed by atoms with Gasteiger partial charge in [0.15, 0.2) is 0 Å². The van der Waals surface area contributed by atoms with Crippen molar-refractivity contribution in [1.82, 2.24) is 5.32 Å². The summed E-state index contributed by atoms with van der Waals surface area (Å²) in [5, 5.41) is 3.07. The first-order valence-electron chi connectivity index (χ1n) is 6.54. The molecule has 0 aromatic heterocycles. The first-order chi connectivity index (χ1) is 8.42. The molecular formula is C15H24N2O. The van der Waals surface area contributed by atoms with Crippen LogP contribution < -0.4 is 11.1 Å². The zero-order chi connectivity index (χ0) is 13.6. The first-order valence-corrected chi connectivity index (χ1v) is 6.54. The van der Waals surface area contributed by atoms with Gasteiger partial charge in [-0.05, 0) is 39.2 Å². The van der Waals surface area contributed by atoms with Crippen molar-refractivity contribution in [1.29, 1.82) is 0 Å². The minimum atomic E-state index is -0.327. The summed E-state index contributed by atoms with van der Waals surface area (Å²) in [6.07, 6.45) is 2.27. The summed E-state index contributed by atoms with van der Waals surface area (Å²) < 4.78 is 0. The highest BCUT2D eigenvalue weighted by Gasteiger charge is 2.21. The molecule has 0 aliphatic carbocycles. The number of rotatable bonds is 6. The molecule has 0 aliphatic rings. The van der Waals surface area contributed by atoms with Crippen LogP contribution in [0.3, 0.4) is 0 Å². The van der Waals surface area contributed by atoms with Crippen molar-refractivity contribution in [2.45, 2.75) is 51.6 Å². The summed E-state index contributed by atoms with van der Waals surface area (Å²) in [6.45, 7) is 6.00. The zero-order valence-electron chi connectivity index (χ0n) is 11.6. The van der Waals surface area contributed by atoms with Gasteiger partial charge < -0.3 is 11.1 Å². The number of carbonyl (C=O) groups is 1. The number of carbonyl (C=O) groups excluding carboxylic acids is 1. The topological polar surface area (TPSA) is 55.1 Å².